The molecule has 1 amide bonds. The Morgan fingerprint density at radius 3 is 2.58 bits per heavy atom. The average Bonchev–Trinajstić information content (AvgIpc) is 2.96. The van der Waals surface area contributed by atoms with Gasteiger partial charge in [-0.15, -0.1) is 0 Å². The number of nitrogens with one attached hydrogen (secondary N) is 1. The molecule has 0 fully saturated rings. The van der Waals surface area contributed by atoms with Crippen LogP contribution in [-0.4, -0.2) is 57.7 Å². The molecule has 0 radical (unpaired) electrons. The van der Waals surface area contributed by atoms with E-state index in [0.29, 0.717) is 30.8 Å². The Balaban J connectivity index is 2.05. The van der Waals surface area contributed by atoms with Crippen LogP contribution in [0, 0.1) is 0 Å². The Bertz CT molecular complexity index is 699. The van der Waals surface area contributed by atoms with Gasteiger partial charge in [0.2, 0.25) is 10.0 Å². The molecule has 1 atom stereocenters. The van der Waals surface area contributed by atoms with Crippen LogP contribution in [0.15, 0.2) is 18.2 Å². The van der Waals surface area contributed by atoms with E-state index in [-0.39, 0.29) is 11.9 Å². The fourth-order valence-electron chi connectivity index (χ4n) is 3.18. The van der Waals surface area contributed by atoms with Crippen molar-refractivity contribution in [1.29, 1.82) is 0 Å². The molecule has 24 heavy (non-hydrogen) atoms. The van der Waals surface area contributed by atoms with E-state index in [1.807, 2.05) is 0 Å². The molecule has 0 aliphatic carbocycles. The third kappa shape index (κ3) is 4.08. The Kier molecular flexibility index (Phi) is 5.87. The van der Waals surface area contributed by atoms with Gasteiger partial charge in [-0.1, -0.05) is 13.8 Å². The van der Waals surface area contributed by atoms with Crippen molar-refractivity contribution in [2.24, 2.45) is 0 Å². The van der Waals surface area contributed by atoms with Crippen molar-refractivity contribution < 1.29 is 13.2 Å². The lowest BCUT2D eigenvalue weighted by atomic mass is 10.1. The molecule has 1 heterocycles. The van der Waals surface area contributed by atoms with Crippen LogP contribution < -0.4 is 9.62 Å². The molecule has 1 N–H and O–H groups in total. The van der Waals surface area contributed by atoms with Gasteiger partial charge in [-0.05, 0) is 50.2 Å². The van der Waals surface area contributed by atoms with Crippen molar-refractivity contribution in [2.45, 2.75) is 33.2 Å². The van der Waals surface area contributed by atoms with E-state index < -0.39 is 10.0 Å². The lowest BCUT2D eigenvalue weighted by Crippen LogP contribution is -2.42. The molecule has 1 unspecified atom stereocenters. The van der Waals surface area contributed by atoms with Crippen LogP contribution >= 0.6 is 0 Å². The normalized spacial score (nSPS) is 15.5. The van der Waals surface area contributed by atoms with E-state index in [2.05, 4.69) is 31.0 Å². The predicted octanol–water partition coefficient (Wildman–Crippen LogP) is 1.47. The fraction of sp³-hybridized carbons (Fsp3) is 0.588. The Labute approximate surface area is 144 Å². The summed E-state index contributed by atoms with van der Waals surface area (Å²) < 4.78 is 24.9. The first-order valence-electron chi connectivity index (χ1n) is 8.40. The van der Waals surface area contributed by atoms with Crippen LogP contribution in [0.25, 0.3) is 0 Å². The highest BCUT2D eigenvalue weighted by Crippen LogP contribution is 2.30. The standard InChI is InChI=1S/C17H27N3O3S/c1-5-19(6-2)13(3)12-18-17(21)15-7-8-16-14(11-15)9-10-20(16)24(4,22)23/h7-8,11,13H,5-6,9-10,12H2,1-4H3,(H,18,21). The number of carbonyl (C=O) groups excluding carboxylic acids is 1. The van der Waals surface area contributed by atoms with Crippen molar-refractivity contribution in [3.8, 4) is 0 Å². The molecule has 1 aromatic rings. The van der Waals surface area contributed by atoms with Gasteiger partial charge >= 0.3 is 0 Å². The van der Waals surface area contributed by atoms with Gasteiger partial charge in [0.25, 0.3) is 5.91 Å². The Morgan fingerprint density at radius 1 is 1.33 bits per heavy atom. The molecule has 0 spiro atoms. The summed E-state index contributed by atoms with van der Waals surface area (Å²) in [6.45, 7) is 9.25. The molecule has 1 aromatic carbocycles. The lowest BCUT2D eigenvalue weighted by Gasteiger charge is -2.26. The monoisotopic (exact) mass is 353 g/mol. The second kappa shape index (κ2) is 7.53. The molecule has 7 heteroatoms. The number of anilines is 1. The molecular formula is C17H27N3O3S. The fourth-order valence-corrected chi connectivity index (χ4v) is 4.13. The lowest BCUT2D eigenvalue weighted by molar-refractivity contribution is 0.0938. The minimum Gasteiger partial charge on any atom is -0.350 e. The van der Waals surface area contributed by atoms with Crippen LogP contribution in [0.4, 0.5) is 5.69 Å². The van der Waals surface area contributed by atoms with Gasteiger partial charge in [-0.3, -0.25) is 14.0 Å². The average molecular weight is 353 g/mol. The molecular weight excluding hydrogens is 326 g/mol. The number of hydrogen-bond donors (Lipinski definition) is 1. The zero-order valence-corrected chi connectivity index (χ0v) is 15.7. The number of nitrogens with zero attached hydrogens (tertiary/aromatic N) is 2. The molecule has 2 rings (SSSR count). The third-order valence-corrected chi connectivity index (χ3v) is 5.77. The number of fused-ring (bicyclic) bond motifs is 1. The SMILES string of the molecule is CCN(CC)C(C)CNC(=O)c1ccc2c(c1)CCN2S(C)(=O)=O. The number of sulfonamides is 1. The first-order chi connectivity index (χ1) is 11.3. The van der Waals surface area contributed by atoms with E-state index >= 15 is 0 Å². The summed E-state index contributed by atoms with van der Waals surface area (Å²) in [7, 11) is -3.26. The van der Waals surface area contributed by atoms with Gasteiger partial charge < -0.3 is 5.32 Å². The summed E-state index contributed by atoms with van der Waals surface area (Å²) in [6.07, 6.45) is 1.84. The zero-order valence-electron chi connectivity index (χ0n) is 14.9. The minimum absolute atomic E-state index is 0.116. The summed E-state index contributed by atoms with van der Waals surface area (Å²) in [5.41, 5.74) is 2.17. The van der Waals surface area contributed by atoms with Crippen LogP contribution in [0.1, 0.15) is 36.7 Å². The van der Waals surface area contributed by atoms with Gasteiger partial charge in [-0.25, -0.2) is 8.42 Å². The maximum absolute atomic E-state index is 12.4. The van der Waals surface area contributed by atoms with Gasteiger partial charge in [0, 0.05) is 24.7 Å². The van der Waals surface area contributed by atoms with Gasteiger partial charge in [0.15, 0.2) is 0 Å². The zero-order chi connectivity index (χ0) is 17.9. The van der Waals surface area contributed by atoms with Crippen LogP contribution in [0.5, 0.6) is 0 Å². The quantitative estimate of drug-likeness (QED) is 0.806. The van der Waals surface area contributed by atoms with Crippen molar-refractivity contribution in [3.05, 3.63) is 29.3 Å². The first kappa shape index (κ1) is 18.7. The highest BCUT2D eigenvalue weighted by Gasteiger charge is 2.26. The Hall–Kier alpha value is -1.60. The van der Waals surface area contributed by atoms with Gasteiger partial charge in [0.1, 0.15) is 0 Å². The highest BCUT2D eigenvalue weighted by atomic mass is 32.2. The van der Waals surface area contributed by atoms with E-state index in [4.69, 9.17) is 0 Å². The second-order valence-corrected chi connectivity index (χ2v) is 8.12. The largest absolute Gasteiger partial charge is 0.350 e. The van der Waals surface area contributed by atoms with Gasteiger partial charge in [-0.2, -0.15) is 0 Å². The molecule has 0 saturated heterocycles. The van der Waals surface area contributed by atoms with Gasteiger partial charge in [0.05, 0.1) is 11.9 Å². The highest BCUT2D eigenvalue weighted by molar-refractivity contribution is 7.92. The van der Waals surface area contributed by atoms with E-state index in [0.717, 1.165) is 18.7 Å². The summed E-state index contributed by atoms with van der Waals surface area (Å²) in [4.78, 5) is 14.6. The third-order valence-electron chi connectivity index (χ3n) is 4.59. The minimum atomic E-state index is -3.26. The maximum Gasteiger partial charge on any atom is 0.251 e. The molecule has 1 aliphatic heterocycles. The van der Waals surface area contributed by atoms with Crippen LogP contribution in [0.2, 0.25) is 0 Å². The van der Waals surface area contributed by atoms with Crippen molar-refractivity contribution in [1.82, 2.24) is 10.2 Å². The number of rotatable bonds is 7. The first-order valence-corrected chi connectivity index (χ1v) is 10.3. The van der Waals surface area contributed by atoms with Crippen LogP contribution in [-0.2, 0) is 16.4 Å². The number of amides is 1. The number of benzene rings is 1. The van der Waals surface area contributed by atoms with Crippen molar-refractivity contribution >= 4 is 21.6 Å². The number of likely N-dealkylation sites (N-methyl/N-ethyl adjacent to an activating group) is 1. The molecule has 134 valence electrons. The molecule has 1 aliphatic rings. The molecule has 6 nitrogen and oxygen atoms in total. The molecule has 0 aromatic heterocycles. The van der Waals surface area contributed by atoms with Crippen molar-refractivity contribution in [2.75, 3.05) is 36.7 Å². The summed E-state index contributed by atoms with van der Waals surface area (Å²) >= 11 is 0. The summed E-state index contributed by atoms with van der Waals surface area (Å²) in [6, 6.07) is 5.50. The summed E-state index contributed by atoms with van der Waals surface area (Å²) in [5.74, 6) is -0.116. The van der Waals surface area contributed by atoms with E-state index in [1.165, 1.54) is 10.6 Å². The summed E-state index contributed by atoms with van der Waals surface area (Å²) in [5, 5.41) is 2.97. The molecule has 0 saturated carbocycles. The smallest absolute Gasteiger partial charge is 0.251 e. The number of carbonyl (C=O) groups is 1. The molecule has 0 bridgehead atoms. The topological polar surface area (TPSA) is 69.7 Å². The van der Waals surface area contributed by atoms with E-state index in [1.54, 1.807) is 18.2 Å². The maximum atomic E-state index is 12.4. The predicted molar refractivity (Wildman–Crippen MR) is 97.1 cm³/mol. The second-order valence-electron chi connectivity index (χ2n) is 6.21. The van der Waals surface area contributed by atoms with Crippen molar-refractivity contribution in [3.63, 3.8) is 0 Å². The van der Waals surface area contributed by atoms with Crippen LogP contribution in [0.3, 0.4) is 0 Å². The van der Waals surface area contributed by atoms with E-state index in [9.17, 15) is 13.2 Å². The number of hydrogen-bond acceptors (Lipinski definition) is 4. The Morgan fingerprint density at radius 2 is 2.00 bits per heavy atom.